The summed E-state index contributed by atoms with van der Waals surface area (Å²) < 4.78 is 32.5. The van der Waals surface area contributed by atoms with Crippen LogP contribution in [0.25, 0.3) is 0 Å². The van der Waals surface area contributed by atoms with Gasteiger partial charge in [0.05, 0.1) is 30.8 Å². The molecular weight excluding hydrogens is 564 g/mol. The number of hydrogen-bond acceptors (Lipinski definition) is 8. The Hall–Kier alpha value is -3.45. The molecular formula is C32H35F2NO8. The number of benzene rings is 3. The Morgan fingerprint density at radius 1 is 0.837 bits per heavy atom. The average Bonchev–Trinajstić information content (AvgIpc) is 3.00. The Morgan fingerprint density at radius 3 is 2.09 bits per heavy atom. The number of ether oxygens (including phenoxy) is 1. The van der Waals surface area contributed by atoms with Crippen LogP contribution >= 0.6 is 0 Å². The lowest BCUT2D eigenvalue weighted by molar-refractivity contribution is -0.230. The second-order valence-electron chi connectivity index (χ2n) is 11.2. The first-order chi connectivity index (χ1) is 20.6. The molecule has 0 bridgehead atoms. The first kappa shape index (κ1) is 31.0. The topological polar surface area (TPSA) is 151 Å². The van der Waals surface area contributed by atoms with Gasteiger partial charge in [0.15, 0.2) is 0 Å². The van der Waals surface area contributed by atoms with E-state index in [0.717, 1.165) is 0 Å². The number of aliphatic hydroxyl groups excluding tert-OH is 5. The quantitative estimate of drug-likeness (QED) is 0.195. The first-order valence-corrected chi connectivity index (χ1v) is 14.2. The van der Waals surface area contributed by atoms with Gasteiger partial charge in [-0.25, -0.2) is 8.78 Å². The van der Waals surface area contributed by atoms with E-state index in [4.69, 9.17) is 4.74 Å². The highest BCUT2D eigenvalue weighted by Gasteiger charge is 2.49. The average molecular weight is 600 g/mol. The largest absolute Gasteiger partial charge is 0.508 e. The summed E-state index contributed by atoms with van der Waals surface area (Å²) in [6.07, 6.45) is -6.01. The van der Waals surface area contributed by atoms with E-state index in [0.29, 0.717) is 28.8 Å². The summed E-state index contributed by atoms with van der Waals surface area (Å²) in [6.45, 7) is -0.524. The molecule has 2 fully saturated rings. The zero-order valence-corrected chi connectivity index (χ0v) is 23.2. The molecule has 0 aliphatic carbocycles. The van der Waals surface area contributed by atoms with Crippen LogP contribution in [0.2, 0.25) is 0 Å². The zero-order chi connectivity index (χ0) is 30.8. The van der Waals surface area contributed by atoms with Crippen LogP contribution < -0.4 is 4.90 Å². The van der Waals surface area contributed by atoms with E-state index in [1.165, 1.54) is 59.5 Å². The van der Waals surface area contributed by atoms with Gasteiger partial charge in [0.2, 0.25) is 5.91 Å². The van der Waals surface area contributed by atoms with Crippen molar-refractivity contribution in [2.75, 3.05) is 11.5 Å². The number of amides is 1. The van der Waals surface area contributed by atoms with Crippen molar-refractivity contribution in [3.05, 3.63) is 95.1 Å². The molecule has 8 atom stereocenters. The van der Waals surface area contributed by atoms with E-state index >= 15 is 0 Å². The highest BCUT2D eigenvalue weighted by Crippen LogP contribution is 2.48. The van der Waals surface area contributed by atoms with Gasteiger partial charge >= 0.3 is 0 Å². The van der Waals surface area contributed by atoms with E-state index in [1.54, 1.807) is 12.1 Å². The highest BCUT2D eigenvalue weighted by atomic mass is 19.1. The minimum absolute atomic E-state index is 0.0833. The standard InChI is InChI=1S/C32H35F2NO8/c33-19-5-3-18(4-6-19)24(37)13-12-23-28(35(32(23)42)21-9-7-20(34)8-10-21)22-11-1-17(15-25(22)38)2-14-26-29(39)31(41)30(40)27(16-36)43-26/h1,3-11,15,23-24,26-31,36-41H,2,12-14,16H2/t23-,24+,26+,27?,28-,29?,30+,31-/m1/s1. The van der Waals surface area contributed by atoms with E-state index < -0.39 is 66.8 Å². The van der Waals surface area contributed by atoms with Gasteiger partial charge in [0.1, 0.15) is 41.8 Å². The van der Waals surface area contributed by atoms with Gasteiger partial charge in [-0.15, -0.1) is 0 Å². The van der Waals surface area contributed by atoms with Gasteiger partial charge in [-0.3, -0.25) is 4.79 Å². The first-order valence-electron chi connectivity index (χ1n) is 14.2. The summed E-state index contributed by atoms with van der Waals surface area (Å²) in [7, 11) is 0. The third-order valence-electron chi connectivity index (χ3n) is 8.45. The van der Waals surface area contributed by atoms with Crippen LogP contribution in [0.15, 0.2) is 66.7 Å². The Kier molecular flexibility index (Phi) is 9.40. The number of phenolic OH excluding ortho intramolecular Hbond substituents is 1. The van der Waals surface area contributed by atoms with Crippen molar-refractivity contribution in [3.8, 4) is 5.75 Å². The molecule has 1 amide bonds. The number of hydrogen-bond donors (Lipinski definition) is 6. The predicted molar refractivity (Wildman–Crippen MR) is 151 cm³/mol. The Morgan fingerprint density at radius 2 is 1.47 bits per heavy atom. The summed E-state index contributed by atoms with van der Waals surface area (Å²) in [5.41, 5.74) is 2.12. The molecule has 3 aromatic carbocycles. The number of aliphatic hydroxyl groups is 5. The Balaban J connectivity index is 1.33. The van der Waals surface area contributed by atoms with Crippen molar-refractivity contribution >= 4 is 11.6 Å². The lowest BCUT2D eigenvalue weighted by atomic mass is 9.77. The van der Waals surface area contributed by atoms with Crippen LogP contribution in [0.1, 0.15) is 48.1 Å². The molecule has 2 aliphatic heterocycles. The van der Waals surface area contributed by atoms with Crippen LogP contribution in [-0.4, -0.2) is 73.7 Å². The number of rotatable bonds is 10. The molecule has 43 heavy (non-hydrogen) atoms. The fraction of sp³-hybridized carbons (Fsp3) is 0.406. The summed E-state index contributed by atoms with van der Waals surface area (Å²) in [5.74, 6) is -1.80. The number of β-lactam (4-membered cyclic amide) rings is 1. The molecule has 5 rings (SSSR count). The Bertz CT molecular complexity index is 1400. The fourth-order valence-electron chi connectivity index (χ4n) is 5.99. The number of anilines is 1. The molecule has 3 aromatic rings. The molecule has 11 heteroatoms. The third kappa shape index (κ3) is 6.42. The summed E-state index contributed by atoms with van der Waals surface area (Å²) >= 11 is 0. The maximum Gasteiger partial charge on any atom is 0.233 e. The molecule has 2 aliphatic rings. The van der Waals surface area contributed by atoms with Crippen LogP contribution in [0, 0.1) is 17.6 Å². The molecule has 9 nitrogen and oxygen atoms in total. The van der Waals surface area contributed by atoms with Gasteiger partial charge in [0.25, 0.3) is 0 Å². The van der Waals surface area contributed by atoms with Crippen LogP contribution in [-0.2, 0) is 16.0 Å². The third-order valence-corrected chi connectivity index (χ3v) is 8.45. The van der Waals surface area contributed by atoms with Gasteiger partial charge in [-0.2, -0.15) is 0 Å². The zero-order valence-electron chi connectivity index (χ0n) is 23.2. The lowest BCUT2D eigenvalue weighted by Gasteiger charge is -2.48. The smallest absolute Gasteiger partial charge is 0.233 e. The summed E-state index contributed by atoms with van der Waals surface area (Å²) in [5, 5.41) is 61.6. The molecule has 6 N–H and O–H groups in total. The molecule has 2 heterocycles. The lowest BCUT2D eigenvalue weighted by Crippen LogP contribution is -2.58. The number of carbonyl (C=O) groups excluding carboxylic acids is 1. The summed E-state index contributed by atoms with van der Waals surface area (Å²) in [4.78, 5) is 14.8. The van der Waals surface area contributed by atoms with Crippen LogP contribution in [0.4, 0.5) is 14.5 Å². The Labute approximate surface area is 247 Å². The van der Waals surface area contributed by atoms with Crippen molar-refractivity contribution in [3.63, 3.8) is 0 Å². The maximum atomic E-state index is 13.6. The van der Waals surface area contributed by atoms with Crippen molar-refractivity contribution in [2.24, 2.45) is 5.92 Å². The minimum atomic E-state index is -1.47. The van der Waals surface area contributed by atoms with Crippen molar-refractivity contribution in [1.29, 1.82) is 0 Å². The number of aryl methyl sites for hydroxylation is 1. The molecule has 230 valence electrons. The van der Waals surface area contributed by atoms with Crippen LogP contribution in [0.5, 0.6) is 5.75 Å². The van der Waals surface area contributed by atoms with Gasteiger partial charge in [0, 0.05) is 11.3 Å². The number of aromatic hydroxyl groups is 1. The van der Waals surface area contributed by atoms with Crippen molar-refractivity contribution in [1.82, 2.24) is 0 Å². The normalized spacial score (nSPS) is 28.0. The highest BCUT2D eigenvalue weighted by molar-refractivity contribution is 6.03. The molecule has 0 saturated carbocycles. The van der Waals surface area contributed by atoms with Gasteiger partial charge in [-0.1, -0.05) is 24.3 Å². The number of nitrogens with zero attached hydrogens (tertiary/aromatic N) is 1. The number of halogens is 2. The predicted octanol–water partition coefficient (Wildman–Crippen LogP) is 2.66. The van der Waals surface area contributed by atoms with Gasteiger partial charge < -0.3 is 40.3 Å². The van der Waals surface area contributed by atoms with Crippen molar-refractivity contribution < 1.29 is 49.0 Å². The van der Waals surface area contributed by atoms with Gasteiger partial charge in [-0.05, 0) is 79.3 Å². The van der Waals surface area contributed by atoms with E-state index in [1.807, 2.05) is 0 Å². The van der Waals surface area contributed by atoms with E-state index in [-0.39, 0.29) is 30.9 Å². The molecule has 0 aromatic heterocycles. The second kappa shape index (κ2) is 13.0. The van der Waals surface area contributed by atoms with Crippen molar-refractivity contribution in [2.45, 2.75) is 68.3 Å². The maximum absolute atomic E-state index is 13.6. The second-order valence-corrected chi connectivity index (χ2v) is 11.2. The van der Waals surface area contributed by atoms with Crippen LogP contribution in [0.3, 0.4) is 0 Å². The molecule has 2 unspecified atom stereocenters. The monoisotopic (exact) mass is 599 g/mol. The molecule has 2 saturated heterocycles. The number of phenols is 1. The molecule has 0 radical (unpaired) electrons. The molecule has 0 spiro atoms. The van der Waals surface area contributed by atoms with E-state index in [9.17, 15) is 44.2 Å². The SMILES string of the molecule is O=C1[C@H](CC[C@H](O)c2ccc(F)cc2)[C@@H](c2ccc(CC[C@@H]3OC(CO)[C@H](O)[C@H](O)C3O)cc2O)N1c1ccc(F)cc1. The number of carbonyl (C=O) groups is 1. The summed E-state index contributed by atoms with van der Waals surface area (Å²) in [6, 6.07) is 15.3. The fourth-order valence-corrected chi connectivity index (χ4v) is 5.99. The minimum Gasteiger partial charge on any atom is -0.508 e. The van der Waals surface area contributed by atoms with E-state index in [2.05, 4.69) is 0 Å².